The van der Waals surface area contributed by atoms with Gasteiger partial charge in [-0.05, 0) is 41.1 Å². The van der Waals surface area contributed by atoms with Gasteiger partial charge in [0.2, 0.25) is 0 Å². The summed E-state index contributed by atoms with van der Waals surface area (Å²) in [5.74, 6) is 1.31. The maximum Gasteiger partial charge on any atom is 0.161 e. The van der Waals surface area contributed by atoms with E-state index < -0.39 is 0 Å². The van der Waals surface area contributed by atoms with Crippen LogP contribution in [0, 0.1) is 6.92 Å². The zero-order valence-electron chi connectivity index (χ0n) is 9.94. The molecule has 1 heterocycles. The molecule has 1 aromatic heterocycles. The Kier molecular flexibility index (Phi) is 3.38. The summed E-state index contributed by atoms with van der Waals surface area (Å²) >= 11 is 3.31. The minimum Gasteiger partial charge on any atom is -0.504 e. The second-order valence-corrected chi connectivity index (χ2v) is 4.51. The molecule has 5 nitrogen and oxygen atoms in total. The van der Waals surface area contributed by atoms with Crippen LogP contribution in [-0.4, -0.2) is 22.2 Å². The molecule has 6 heteroatoms. The number of nitrogens with zero attached hydrogens (tertiary/aromatic N) is 2. The lowest BCUT2D eigenvalue weighted by molar-refractivity contribution is 0.373. The third kappa shape index (κ3) is 2.24. The Hall–Kier alpha value is -1.82. The molecule has 1 aromatic carbocycles. The molecule has 0 saturated carbocycles. The van der Waals surface area contributed by atoms with Gasteiger partial charge in [0.15, 0.2) is 17.3 Å². The molecular weight excluding hydrogens is 298 g/mol. The molecule has 2 aromatic rings. The third-order valence-electron chi connectivity index (χ3n) is 2.48. The van der Waals surface area contributed by atoms with Gasteiger partial charge >= 0.3 is 0 Å². The first-order valence-electron chi connectivity index (χ1n) is 5.20. The Labute approximate surface area is 113 Å². The van der Waals surface area contributed by atoms with E-state index in [0.29, 0.717) is 21.9 Å². The molecule has 0 aliphatic heterocycles. The fraction of sp³-hybridized carbons (Fsp3) is 0.167. The lowest BCUT2D eigenvalue weighted by atomic mass is 10.2. The van der Waals surface area contributed by atoms with Crippen molar-refractivity contribution in [2.24, 2.45) is 0 Å². The minimum absolute atomic E-state index is 0.0723. The topological polar surface area (TPSA) is 81.3 Å². The molecule has 18 heavy (non-hydrogen) atoms. The second kappa shape index (κ2) is 4.81. The van der Waals surface area contributed by atoms with E-state index in [9.17, 15) is 5.11 Å². The standard InChI is InChI=1S/C12H12BrN3O2/c1-6-10(13)11(14)16-12(15-6)7-3-4-8(17)9(5-7)18-2/h3-5,17H,1-2H3,(H2,14,15,16). The molecule has 0 spiro atoms. The van der Waals surface area contributed by atoms with Crippen LogP contribution >= 0.6 is 15.9 Å². The molecule has 0 bridgehead atoms. The molecule has 94 valence electrons. The fourth-order valence-electron chi connectivity index (χ4n) is 1.53. The van der Waals surface area contributed by atoms with E-state index in [0.717, 1.165) is 11.3 Å². The summed E-state index contributed by atoms with van der Waals surface area (Å²) in [6, 6.07) is 4.91. The summed E-state index contributed by atoms with van der Waals surface area (Å²) in [6.45, 7) is 1.84. The lowest BCUT2D eigenvalue weighted by Gasteiger charge is -2.08. The molecule has 0 radical (unpaired) electrons. The van der Waals surface area contributed by atoms with Gasteiger partial charge in [-0.2, -0.15) is 0 Å². The predicted molar refractivity (Wildman–Crippen MR) is 72.5 cm³/mol. The Bertz CT molecular complexity index is 579. The van der Waals surface area contributed by atoms with Crippen molar-refractivity contribution < 1.29 is 9.84 Å². The Morgan fingerprint density at radius 1 is 1.33 bits per heavy atom. The zero-order valence-corrected chi connectivity index (χ0v) is 11.5. The summed E-state index contributed by atoms with van der Waals surface area (Å²) in [5.41, 5.74) is 7.26. The molecule has 0 aliphatic carbocycles. The van der Waals surface area contributed by atoms with Gasteiger partial charge in [0.05, 0.1) is 17.3 Å². The SMILES string of the molecule is COc1cc(-c2nc(C)c(Br)c(N)n2)ccc1O. The van der Waals surface area contributed by atoms with Gasteiger partial charge in [0, 0.05) is 5.56 Å². The molecular formula is C12H12BrN3O2. The highest BCUT2D eigenvalue weighted by Gasteiger charge is 2.10. The van der Waals surface area contributed by atoms with Gasteiger partial charge in [-0.1, -0.05) is 0 Å². The van der Waals surface area contributed by atoms with Crippen LogP contribution in [0.1, 0.15) is 5.69 Å². The average molecular weight is 310 g/mol. The van der Waals surface area contributed by atoms with Gasteiger partial charge in [-0.25, -0.2) is 9.97 Å². The molecule has 0 atom stereocenters. The van der Waals surface area contributed by atoms with Gasteiger partial charge in [0.25, 0.3) is 0 Å². The van der Waals surface area contributed by atoms with E-state index in [1.165, 1.54) is 13.2 Å². The number of aromatic nitrogens is 2. The number of benzene rings is 1. The van der Waals surface area contributed by atoms with Crippen molar-refractivity contribution in [2.45, 2.75) is 6.92 Å². The number of aryl methyl sites for hydroxylation is 1. The first-order chi connectivity index (χ1) is 8.52. The van der Waals surface area contributed by atoms with Crippen LogP contribution in [0.3, 0.4) is 0 Å². The summed E-state index contributed by atoms with van der Waals surface area (Å²) in [5, 5.41) is 9.54. The van der Waals surface area contributed by atoms with Crippen molar-refractivity contribution in [1.82, 2.24) is 9.97 Å². The maximum absolute atomic E-state index is 9.54. The monoisotopic (exact) mass is 309 g/mol. The maximum atomic E-state index is 9.54. The van der Waals surface area contributed by atoms with E-state index in [2.05, 4.69) is 25.9 Å². The van der Waals surface area contributed by atoms with Gasteiger partial charge in [0.1, 0.15) is 5.82 Å². The smallest absolute Gasteiger partial charge is 0.161 e. The van der Waals surface area contributed by atoms with Crippen LogP contribution in [0.2, 0.25) is 0 Å². The van der Waals surface area contributed by atoms with Crippen LogP contribution in [0.5, 0.6) is 11.5 Å². The predicted octanol–water partition coefficient (Wildman–Crippen LogP) is 2.51. The summed E-state index contributed by atoms with van der Waals surface area (Å²) in [6.07, 6.45) is 0. The zero-order chi connectivity index (χ0) is 13.3. The summed E-state index contributed by atoms with van der Waals surface area (Å²) < 4.78 is 5.74. The first-order valence-corrected chi connectivity index (χ1v) is 5.99. The number of ether oxygens (including phenoxy) is 1. The normalized spacial score (nSPS) is 10.4. The number of nitrogen functional groups attached to an aromatic ring is 1. The Morgan fingerprint density at radius 2 is 2.06 bits per heavy atom. The number of phenols is 1. The van der Waals surface area contributed by atoms with Crippen LogP contribution < -0.4 is 10.5 Å². The van der Waals surface area contributed by atoms with Gasteiger partial charge in [-0.3, -0.25) is 0 Å². The summed E-state index contributed by atoms with van der Waals surface area (Å²) in [7, 11) is 1.49. The highest BCUT2D eigenvalue weighted by atomic mass is 79.9. The number of hydrogen-bond donors (Lipinski definition) is 2. The number of hydrogen-bond acceptors (Lipinski definition) is 5. The van der Waals surface area contributed by atoms with Crippen molar-refractivity contribution in [3.63, 3.8) is 0 Å². The van der Waals surface area contributed by atoms with Gasteiger partial charge < -0.3 is 15.6 Å². The van der Waals surface area contributed by atoms with Crippen molar-refractivity contribution >= 4 is 21.7 Å². The molecule has 0 amide bonds. The lowest BCUT2D eigenvalue weighted by Crippen LogP contribution is -2.00. The van der Waals surface area contributed by atoms with Crippen LogP contribution in [-0.2, 0) is 0 Å². The van der Waals surface area contributed by atoms with Crippen molar-refractivity contribution in [3.8, 4) is 22.9 Å². The van der Waals surface area contributed by atoms with Crippen LogP contribution in [0.25, 0.3) is 11.4 Å². The highest BCUT2D eigenvalue weighted by molar-refractivity contribution is 9.10. The van der Waals surface area contributed by atoms with E-state index in [4.69, 9.17) is 10.5 Å². The second-order valence-electron chi connectivity index (χ2n) is 3.72. The van der Waals surface area contributed by atoms with Crippen LogP contribution in [0.15, 0.2) is 22.7 Å². The minimum atomic E-state index is 0.0723. The van der Waals surface area contributed by atoms with E-state index in [-0.39, 0.29) is 5.75 Å². The quantitative estimate of drug-likeness (QED) is 0.891. The Morgan fingerprint density at radius 3 is 2.67 bits per heavy atom. The van der Waals surface area contributed by atoms with Crippen LogP contribution in [0.4, 0.5) is 5.82 Å². The first kappa shape index (κ1) is 12.6. The van der Waals surface area contributed by atoms with E-state index >= 15 is 0 Å². The average Bonchev–Trinajstić information content (AvgIpc) is 2.36. The van der Waals surface area contributed by atoms with Crippen molar-refractivity contribution in [2.75, 3.05) is 12.8 Å². The molecule has 3 N–H and O–H groups in total. The molecule has 0 saturated heterocycles. The Balaban J connectivity index is 2.55. The fourth-order valence-corrected chi connectivity index (χ4v) is 1.70. The number of rotatable bonds is 2. The molecule has 0 unspecified atom stereocenters. The van der Waals surface area contributed by atoms with Gasteiger partial charge in [-0.15, -0.1) is 0 Å². The van der Waals surface area contributed by atoms with Crippen molar-refractivity contribution in [3.05, 3.63) is 28.4 Å². The number of phenolic OH excluding ortho intramolecular Hbond substituents is 1. The molecule has 2 rings (SSSR count). The molecule has 0 fully saturated rings. The van der Waals surface area contributed by atoms with E-state index in [1.54, 1.807) is 12.1 Å². The summed E-state index contributed by atoms with van der Waals surface area (Å²) in [4.78, 5) is 8.53. The van der Waals surface area contributed by atoms with E-state index in [1.807, 2.05) is 6.92 Å². The number of aromatic hydroxyl groups is 1. The molecule has 0 aliphatic rings. The number of anilines is 1. The number of nitrogens with two attached hydrogens (primary N) is 1. The third-order valence-corrected chi connectivity index (χ3v) is 3.46. The van der Waals surface area contributed by atoms with Crippen molar-refractivity contribution in [1.29, 1.82) is 0 Å². The largest absolute Gasteiger partial charge is 0.504 e. The number of methoxy groups -OCH3 is 1. The number of halogens is 1. The highest BCUT2D eigenvalue weighted by Crippen LogP contribution is 2.31.